The number of nitrogens with one attached hydrogen (secondary N) is 1. The second kappa shape index (κ2) is 7.84. The Morgan fingerprint density at radius 2 is 2.27 bits per heavy atom. The Bertz CT molecular complexity index is 575. The molecule has 6 heteroatoms. The van der Waals surface area contributed by atoms with Crippen LogP contribution in [-0.2, 0) is 4.79 Å². The number of ether oxygens (including phenoxy) is 1. The molecule has 1 saturated carbocycles. The van der Waals surface area contributed by atoms with Crippen LogP contribution in [0.4, 0.5) is 0 Å². The highest BCUT2D eigenvalue weighted by atomic mass is 35.5. The van der Waals surface area contributed by atoms with Gasteiger partial charge in [0.1, 0.15) is 5.75 Å². The first-order valence-electron chi connectivity index (χ1n) is 7.49. The van der Waals surface area contributed by atoms with Crippen molar-refractivity contribution in [3.63, 3.8) is 0 Å². The molecule has 0 aromatic heterocycles. The van der Waals surface area contributed by atoms with Gasteiger partial charge in [-0.1, -0.05) is 30.1 Å². The number of rotatable bonds is 5. The molecule has 1 aromatic carbocycles. The largest absolute Gasteiger partial charge is 0.479 e. The summed E-state index contributed by atoms with van der Waals surface area (Å²) in [6, 6.07) is 4.89. The standard InChI is InChI=1S/C16H20Cl2N2O2/c1-3-11-5-4-6-14(11)19-20-16(21)10(2)22-15-8-7-12(17)9-13(15)18/h7-11H,3-6H2,1-2H3,(H,20,21). The molecule has 1 fully saturated rings. The van der Waals surface area contributed by atoms with Gasteiger partial charge in [0.2, 0.25) is 0 Å². The van der Waals surface area contributed by atoms with Crippen LogP contribution in [0.5, 0.6) is 5.75 Å². The maximum Gasteiger partial charge on any atom is 0.280 e. The number of hydrogen-bond acceptors (Lipinski definition) is 3. The summed E-state index contributed by atoms with van der Waals surface area (Å²) in [5, 5.41) is 5.15. The Kier molecular flexibility index (Phi) is 6.09. The average molecular weight is 343 g/mol. The van der Waals surface area contributed by atoms with Crippen molar-refractivity contribution in [1.82, 2.24) is 5.43 Å². The van der Waals surface area contributed by atoms with E-state index in [1.165, 1.54) is 0 Å². The minimum absolute atomic E-state index is 0.291. The third-order valence-electron chi connectivity index (χ3n) is 3.83. The lowest BCUT2D eigenvalue weighted by molar-refractivity contribution is -0.127. The normalized spacial score (nSPS) is 20.9. The number of nitrogens with zero attached hydrogens (tertiary/aromatic N) is 1. The minimum atomic E-state index is -0.690. The molecule has 2 rings (SSSR count). The highest BCUT2D eigenvalue weighted by molar-refractivity contribution is 6.35. The molecule has 1 amide bonds. The molecule has 4 nitrogen and oxygen atoms in total. The topological polar surface area (TPSA) is 50.7 Å². The van der Waals surface area contributed by atoms with Gasteiger partial charge >= 0.3 is 0 Å². The van der Waals surface area contributed by atoms with Crippen LogP contribution >= 0.6 is 23.2 Å². The lowest BCUT2D eigenvalue weighted by Crippen LogP contribution is -2.34. The Balaban J connectivity index is 1.93. The molecule has 120 valence electrons. The van der Waals surface area contributed by atoms with Crippen molar-refractivity contribution in [1.29, 1.82) is 0 Å². The van der Waals surface area contributed by atoms with Crippen LogP contribution in [0.25, 0.3) is 0 Å². The van der Waals surface area contributed by atoms with Gasteiger partial charge in [-0.15, -0.1) is 0 Å². The fourth-order valence-corrected chi connectivity index (χ4v) is 2.97. The fourth-order valence-electron chi connectivity index (χ4n) is 2.52. The fraction of sp³-hybridized carbons (Fsp3) is 0.500. The number of carbonyl (C=O) groups is 1. The zero-order valence-electron chi connectivity index (χ0n) is 12.7. The lowest BCUT2D eigenvalue weighted by Gasteiger charge is -2.15. The lowest BCUT2D eigenvalue weighted by atomic mass is 10.0. The van der Waals surface area contributed by atoms with Crippen LogP contribution in [0.3, 0.4) is 0 Å². The van der Waals surface area contributed by atoms with Crippen molar-refractivity contribution in [2.75, 3.05) is 0 Å². The van der Waals surface area contributed by atoms with Gasteiger partial charge in [-0.05, 0) is 56.7 Å². The minimum Gasteiger partial charge on any atom is -0.479 e. The summed E-state index contributed by atoms with van der Waals surface area (Å²) in [7, 11) is 0. The first kappa shape index (κ1) is 17.1. The predicted molar refractivity (Wildman–Crippen MR) is 89.8 cm³/mol. The first-order valence-corrected chi connectivity index (χ1v) is 8.24. The summed E-state index contributed by atoms with van der Waals surface area (Å²) >= 11 is 11.9. The van der Waals surface area contributed by atoms with Gasteiger partial charge in [-0.25, -0.2) is 5.43 Å². The highest BCUT2D eigenvalue weighted by Gasteiger charge is 2.22. The van der Waals surface area contributed by atoms with Gasteiger partial charge in [0.05, 0.1) is 5.02 Å². The molecule has 2 atom stereocenters. The monoisotopic (exact) mass is 342 g/mol. The third-order valence-corrected chi connectivity index (χ3v) is 4.36. The molecule has 22 heavy (non-hydrogen) atoms. The van der Waals surface area contributed by atoms with E-state index < -0.39 is 6.10 Å². The van der Waals surface area contributed by atoms with Gasteiger partial charge in [-0.2, -0.15) is 5.10 Å². The van der Waals surface area contributed by atoms with Gasteiger partial charge in [0.25, 0.3) is 5.91 Å². The molecule has 0 aliphatic heterocycles. The summed E-state index contributed by atoms with van der Waals surface area (Å²) in [6.07, 6.45) is 3.61. The average Bonchev–Trinajstić information content (AvgIpc) is 2.95. The number of carbonyl (C=O) groups excluding carboxylic acids is 1. The predicted octanol–water partition coefficient (Wildman–Crippen LogP) is 4.44. The molecule has 0 radical (unpaired) electrons. The summed E-state index contributed by atoms with van der Waals surface area (Å²) in [6.45, 7) is 3.80. The van der Waals surface area contributed by atoms with Crippen LogP contribution in [0.15, 0.2) is 23.3 Å². The van der Waals surface area contributed by atoms with E-state index in [0.717, 1.165) is 31.4 Å². The number of hydrazone groups is 1. The number of amides is 1. The van der Waals surface area contributed by atoms with E-state index in [0.29, 0.717) is 21.7 Å². The van der Waals surface area contributed by atoms with Crippen molar-refractivity contribution < 1.29 is 9.53 Å². The van der Waals surface area contributed by atoms with Crippen LogP contribution in [0.1, 0.15) is 39.5 Å². The molecule has 0 saturated heterocycles. The van der Waals surface area contributed by atoms with Gasteiger partial charge < -0.3 is 4.74 Å². The smallest absolute Gasteiger partial charge is 0.280 e. The van der Waals surface area contributed by atoms with E-state index in [1.807, 2.05) is 0 Å². The zero-order valence-corrected chi connectivity index (χ0v) is 14.2. The van der Waals surface area contributed by atoms with Gasteiger partial charge in [-0.3, -0.25) is 4.79 Å². The van der Waals surface area contributed by atoms with Crippen LogP contribution in [0.2, 0.25) is 10.0 Å². The molecular formula is C16H20Cl2N2O2. The Labute approximate surface area is 140 Å². The summed E-state index contributed by atoms with van der Waals surface area (Å²) in [5.41, 5.74) is 3.67. The van der Waals surface area contributed by atoms with Crippen LogP contribution in [0, 0.1) is 5.92 Å². The molecule has 0 spiro atoms. The Hall–Kier alpha value is -1.26. The summed E-state index contributed by atoms with van der Waals surface area (Å²) < 4.78 is 5.56. The summed E-state index contributed by atoms with van der Waals surface area (Å²) in [4.78, 5) is 12.1. The zero-order chi connectivity index (χ0) is 16.1. The number of benzene rings is 1. The van der Waals surface area contributed by atoms with Crippen molar-refractivity contribution in [3.8, 4) is 5.75 Å². The molecule has 1 aromatic rings. The number of halogens is 2. The molecule has 2 unspecified atom stereocenters. The molecule has 1 aliphatic carbocycles. The van der Waals surface area contributed by atoms with Crippen LogP contribution in [-0.4, -0.2) is 17.7 Å². The highest BCUT2D eigenvalue weighted by Crippen LogP contribution is 2.28. The van der Waals surface area contributed by atoms with Crippen LogP contribution < -0.4 is 10.2 Å². The van der Waals surface area contributed by atoms with E-state index in [9.17, 15) is 4.79 Å². The Morgan fingerprint density at radius 1 is 1.50 bits per heavy atom. The third kappa shape index (κ3) is 4.37. The first-order chi connectivity index (χ1) is 10.5. The van der Waals surface area contributed by atoms with E-state index in [4.69, 9.17) is 27.9 Å². The Morgan fingerprint density at radius 3 is 2.95 bits per heavy atom. The second-order valence-electron chi connectivity index (χ2n) is 5.41. The van der Waals surface area contributed by atoms with E-state index in [1.54, 1.807) is 25.1 Å². The maximum atomic E-state index is 12.1. The second-order valence-corrected chi connectivity index (χ2v) is 6.26. The molecule has 1 N–H and O–H groups in total. The van der Waals surface area contributed by atoms with E-state index in [2.05, 4.69) is 17.5 Å². The quantitative estimate of drug-likeness (QED) is 0.804. The van der Waals surface area contributed by atoms with E-state index >= 15 is 0 Å². The number of hydrogen-bond donors (Lipinski definition) is 1. The molecule has 0 heterocycles. The molecule has 1 aliphatic rings. The van der Waals surface area contributed by atoms with Crippen molar-refractivity contribution in [2.24, 2.45) is 11.0 Å². The molecule has 0 bridgehead atoms. The SMILES string of the molecule is CCC1CCCC1=NNC(=O)C(C)Oc1ccc(Cl)cc1Cl. The van der Waals surface area contributed by atoms with Crippen molar-refractivity contribution in [2.45, 2.75) is 45.6 Å². The van der Waals surface area contributed by atoms with Gasteiger partial charge in [0.15, 0.2) is 6.10 Å². The van der Waals surface area contributed by atoms with Crippen molar-refractivity contribution in [3.05, 3.63) is 28.2 Å². The van der Waals surface area contributed by atoms with Gasteiger partial charge in [0, 0.05) is 10.7 Å². The van der Waals surface area contributed by atoms with Crippen molar-refractivity contribution >= 4 is 34.8 Å². The maximum absolute atomic E-state index is 12.1. The summed E-state index contributed by atoms with van der Waals surface area (Å²) in [5.74, 6) is 0.621. The molecular weight excluding hydrogens is 323 g/mol. The van der Waals surface area contributed by atoms with E-state index in [-0.39, 0.29) is 5.91 Å².